The molecular formula is C55H62N4O2. The molecule has 6 aromatic carbocycles. The van der Waals surface area contributed by atoms with Gasteiger partial charge in [-0.25, -0.2) is 0 Å². The van der Waals surface area contributed by atoms with Gasteiger partial charge in [0.25, 0.3) is 0 Å². The van der Waals surface area contributed by atoms with E-state index in [4.69, 9.17) is 5.41 Å². The molecule has 6 nitrogen and oxygen atoms in total. The zero-order chi connectivity index (χ0) is 42.9. The number of carbonyl (C=O) groups is 1. The summed E-state index contributed by atoms with van der Waals surface area (Å²) in [4.78, 5) is 20.1. The highest BCUT2D eigenvalue weighted by Gasteiger charge is 2.45. The van der Waals surface area contributed by atoms with Gasteiger partial charge in [-0.05, 0) is 99.8 Å². The van der Waals surface area contributed by atoms with Crippen LogP contribution in [0, 0.1) is 16.7 Å². The molecule has 0 saturated carbocycles. The molecule has 0 spiro atoms. The second-order valence-corrected chi connectivity index (χ2v) is 17.0. The maximum atomic E-state index is 15.2. The number of carbonyl (C=O) groups excluding carboxylic acids is 1. The maximum absolute atomic E-state index is 15.2. The van der Waals surface area contributed by atoms with E-state index in [1.54, 1.807) is 0 Å². The average Bonchev–Trinajstić information content (AvgIpc) is 3.28. The second-order valence-electron chi connectivity index (χ2n) is 17.0. The van der Waals surface area contributed by atoms with Crippen molar-refractivity contribution in [2.75, 3.05) is 36.0 Å². The molecule has 2 N–H and O–H groups in total. The Bertz CT molecular complexity index is 2660. The van der Waals surface area contributed by atoms with E-state index in [0.29, 0.717) is 16.7 Å². The van der Waals surface area contributed by atoms with Gasteiger partial charge in [0.15, 0.2) is 5.78 Å². The van der Waals surface area contributed by atoms with E-state index < -0.39 is 5.92 Å². The first-order valence-corrected chi connectivity index (χ1v) is 23.0. The molecule has 1 aliphatic rings. The number of phenolic OH excluding ortho intramolecular Hbond substituents is 1. The van der Waals surface area contributed by atoms with Gasteiger partial charge in [0.1, 0.15) is 17.4 Å². The number of Topliss-reactive ketones (excluding diaryl/α,β-unsaturated/α-hetero) is 1. The maximum Gasteiger partial charge on any atom is 0.175 e. The molecule has 0 bridgehead atoms. The van der Waals surface area contributed by atoms with Crippen LogP contribution in [-0.2, 0) is 4.79 Å². The summed E-state index contributed by atoms with van der Waals surface area (Å²) in [6.07, 6.45) is 13.4. The van der Waals surface area contributed by atoms with Gasteiger partial charge < -0.3 is 14.9 Å². The van der Waals surface area contributed by atoms with Crippen molar-refractivity contribution < 1.29 is 9.90 Å². The molecular weight excluding hydrogens is 749 g/mol. The Hall–Kier alpha value is -5.89. The van der Waals surface area contributed by atoms with Crippen LogP contribution in [0.5, 0.6) is 5.75 Å². The first-order valence-electron chi connectivity index (χ1n) is 23.0. The molecule has 0 aliphatic heterocycles. The fourth-order valence-corrected chi connectivity index (χ4v) is 9.54. The number of hydrogen-bond acceptors (Lipinski definition) is 6. The van der Waals surface area contributed by atoms with Crippen molar-refractivity contribution in [3.05, 3.63) is 113 Å². The van der Waals surface area contributed by atoms with Crippen molar-refractivity contribution in [1.29, 1.82) is 10.7 Å². The smallest absolute Gasteiger partial charge is 0.175 e. The Kier molecular flexibility index (Phi) is 14.2. The minimum Gasteiger partial charge on any atom is -0.507 e. The lowest BCUT2D eigenvalue weighted by molar-refractivity contribution is -0.115. The van der Waals surface area contributed by atoms with Crippen LogP contribution in [0.1, 0.15) is 122 Å². The monoisotopic (exact) mass is 810 g/mol. The molecule has 314 valence electrons. The Morgan fingerprint density at radius 2 is 1.05 bits per heavy atom. The van der Waals surface area contributed by atoms with Gasteiger partial charge in [-0.1, -0.05) is 134 Å². The quantitative estimate of drug-likeness (QED) is 0.0327. The highest BCUT2D eigenvalue weighted by atomic mass is 16.3. The standard InChI is InChI=1S/C55H62N4O2/c1-5-9-17-27-58(28-18-10-6-2)48-26-25-43(44-31-38-21-13-14-22-39(38)32-45(44)48)53-51(42(36-56)37-57)54(55(53)61)52-47-34-41-24-16-15-23-40(41)33-46(47)49(35-50(52)60)59(29-19-11-7-3)30-20-12-8-4/h13-16,21-26,31-35,53,56,60H,5-12,17-20,27-30H2,1-4H3. The van der Waals surface area contributed by atoms with Crippen molar-refractivity contribution >= 4 is 71.7 Å². The Morgan fingerprint density at radius 1 is 0.607 bits per heavy atom. The van der Waals surface area contributed by atoms with Crippen molar-refractivity contribution in [1.82, 2.24) is 0 Å². The lowest BCUT2D eigenvalue weighted by Crippen LogP contribution is -2.31. The van der Waals surface area contributed by atoms with E-state index in [-0.39, 0.29) is 17.1 Å². The zero-order valence-electron chi connectivity index (χ0n) is 36.7. The van der Waals surface area contributed by atoms with Crippen molar-refractivity contribution in [3.8, 4) is 11.8 Å². The van der Waals surface area contributed by atoms with Crippen LogP contribution in [0.2, 0.25) is 0 Å². The number of nitrogens with one attached hydrogen (secondary N) is 1. The van der Waals surface area contributed by atoms with Gasteiger partial charge in [0.2, 0.25) is 0 Å². The van der Waals surface area contributed by atoms with Gasteiger partial charge in [0.05, 0.1) is 5.92 Å². The fraction of sp³-hybridized carbons (Fsp3) is 0.382. The molecule has 1 aliphatic carbocycles. The van der Waals surface area contributed by atoms with E-state index in [9.17, 15) is 10.4 Å². The molecule has 1 atom stereocenters. The topological polar surface area (TPSA) is 91.4 Å². The molecule has 6 aromatic rings. The third-order valence-electron chi connectivity index (χ3n) is 12.8. The minimum absolute atomic E-state index is 0.0105. The van der Waals surface area contributed by atoms with Crippen LogP contribution in [0.15, 0.2) is 102 Å². The molecule has 0 amide bonds. The second kappa shape index (κ2) is 20.1. The van der Waals surface area contributed by atoms with Crippen LogP contribution in [0.3, 0.4) is 0 Å². The number of benzene rings is 6. The Balaban J connectivity index is 1.46. The highest BCUT2D eigenvalue weighted by molar-refractivity contribution is 6.38. The van der Waals surface area contributed by atoms with Crippen LogP contribution in [-0.4, -0.2) is 42.9 Å². The molecule has 1 unspecified atom stereocenters. The summed E-state index contributed by atoms with van der Waals surface area (Å²) >= 11 is 0. The largest absolute Gasteiger partial charge is 0.507 e. The molecule has 0 aromatic heterocycles. The number of phenols is 1. The molecule has 0 heterocycles. The summed E-state index contributed by atoms with van der Waals surface area (Å²) in [6.45, 7) is 12.6. The van der Waals surface area contributed by atoms with Crippen molar-refractivity contribution in [2.45, 2.75) is 111 Å². The molecule has 0 saturated heterocycles. The predicted octanol–water partition coefficient (Wildman–Crippen LogP) is 14.2. The van der Waals surface area contributed by atoms with Gasteiger partial charge in [-0.2, -0.15) is 5.26 Å². The lowest BCUT2D eigenvalue weighted by atomic mass is 9.66. The summed E-state index contributed by atoms with van der Waals surface area (Å²) in [6, 6.07) is 33.6. The van der Waals surface area contributed by atoms with Gasteiger partial charge in [0, 0.05) is 71.1 Å². The van der Waals surface area contributed by atoms with Gasteiger partial charge in [-0.15, -0.1) is 0 Å². The van der Waals surface area contributed by atoms with E-state index in [1.807, 2.05) is 24.3 Å². The van der Waals surface area contributed by atoms with Crippen molar-refractivity contribution in [2.24, 2.45) is 0 Å². The number of fused-ring (bicyclic) bond motifs is 4. The van der Waals surface area contributed by atoms with Crippen LogP contribution in [0.25, 0.3) is 48.7 Å². The van der Waals surface area contributed by atoms with Crippen LogP contribution in [0.4, 0.5) is 11.4 Å². The molecule has 61 heavy (non-hydrogen) atoms. The normalized spacial score (nSPS) is 13.8. The zero-order valence-corrected chi connectivity index (χ0v) is 36.7. The Morgan fingerprint density at radius 3 is 1.51 bits per heavy atom. The molecule has 0 radical (unpaired) electrons. The summed E-state index contributed by atoms with van der Waals surface area (Å²) in [5.41, 5.74) is 4.11. The number of unbranched alkanes of at least 4 members (excludes halogenated alkanes) is 8. The van der Waals surface area contributed by atoms with Gasteiger partial charge >= 0.3 is 0 Å². The number of ketones is 1. The molecule has 0 fully saturated rings. The lowest BCUT2D eigenvalue weighted by Gasteiger charge is -2.35. The Labute approximate surface area is 362 Å². The first-order chi connectivity index (χ1) is 29.9. The van der Waals surface area contributed by atoms with E-state index in [1.165, 1.54) is 0 Å². The average molecular weight is 811 g/mol. The number of aromatic hydroxyl groups is 1. The van der Waals surface area contributed by atoms with Crippen molar-refractivity contribution in [3.63, 3.8) is 0 Å². The summed E-state index contributed by atoms with van der Waals surface area (Å²) in [7, 11) is 0. The third kappa shape index (κ3) is 8.81. The van der Waals surface area contributed by atoms with E-state index in [2.05, 4.69) is 116 Å². The number of anilines is 2. The minimum atomic E-state index is -0.803. The van der Waals surface area contributed by atoms with Gasteiger partial charge in [-0.3, -0.25) is 10.2 Å². The number of nitrogens with zero attached hydrogens (tertiary/aromatic N) is 3. The summed E-state index contributed by atoms with van der Waals surface area (Å²) < 4.78 is 0. The number of rotatable bonds is 21. The molecule has 6 heteroatoms. The third-order valence-corrected chi connectivity index (χ3v) is 12.8. The SMILES string of the molecule is CCCCCN(CCCCC)c1ccc(C2C(=O)C(c3c(O)cc(N(CCCCC)CCCCC)c4cc5ccccc5cc34)=C2C(=C=N)C#N)c2cc3ccccc3cc12. The molecule has 7 rings (SSSR count). The van der Waals surface area contributed by atoms with E-state index >= 15 is 4.79 Å². The number of allylic oxidation sites excluding steroid dienone is 3. The van der Waals surface area contributed by atoms with Crippen LogP contribution < -0.4 is 9.80 Å². The highest BCUT2D eigenvalue weighted by Crippen LogP contribution is 2.54. The summed E-state index contributed by atoms with van der Waals surface area (Å²) in [5, 5.41) is 39.3. The summed E-state index contributed by atoms with van der Waals surface area (Å²) in [5.74, 6) is 1.46. The fourth-order valence-electron chi connectivity index (χ4n) is 9.54. The predicted molar refractivity (Wildman–Crippen MR) is 259 cm³/mol. The van der Waals surface area contributed by atoms with Crippen LogP contribution >= 0.6 is 0 Å². The number of hydrogen-bond donors (Lipinski definition) is 2. The number of nitriles is 1. The van der Waals surface area contributed by atoms with E-state index in [0.717, 1.165) is 163 Å². The first kappa shape index (κ1) is 43.2.